The molecule has 0 bridgehead atoms. The molecule has 20 heavy (non-hydrogen) atoms. The molecule has 2 rings (SSSR count). The number of halogens is 1. The molecule has 0 amide bonds. The molecule has 0 fully saturated rings. The smallest absolute Gasteiger partial charge is 0.140 e. The monoisotopic (exact) mass is 381 g/mol. The van der Waals surface area contributed by atoms with Gasteiger partial charge in [0.1, 0.15) is 11.6 Å². The molecule has 0 radical (unpaired) electrons. The highest BCUT2D eigenvalue weighted by atomic mass is 127. The summed E-state index contributed by atoms with van der Waals surface area (Å²) < 4.78 is 0.994. The van der Waals surface area contributed by atoms with Gasteiger partial charge in [-0.25, -0.2) is 9.97 Å². The summed E-state index contributed by atoms with van der Waals surface area (Å²) in [5, 5.41) is 0. The third-order valence-electron chi connectivity index (χ3n) is 3.41. The molecule has 0 spiro atoms. The summed E-state index contributed by atoms with van der Waals surface area (Å²) in [5.74, 6) is 1.41. The third-order valence-corrected chi connectivity index (χ3v) is 4.59. The lowest BCUT2D eigenvalue weighted by Crippen LogP contribution is -2.08. The molecule has 4 heteroatoms. The Balaban J connectivity index is 2.31. The van der Waals surface area contributed by atoms with Gasteiger partial charge in [0.2, 0.25) is 0 Å². The maximum Gasteiger partial charge on any atom is 0.140 e. The molecule has 1 aromatic heterocycles. The first-order valence-electron chi connectivity index (χ1n) is 6.88. The number of nitrogens with zero attached hydrogens (tertiary/aromatic N) is 2. The van der Waals surface area contributed by atoms with Crippen LogP contribution in [-0.2, 0) is 12.8 Å². The van der Waals surface area contributed by atoms with Crippen LogP contribution in [0.2, 0.25) is 0 Å². The van der Waals surface area contributed by atoms with Crippen LogP contribution in [0.3, 0.4) is 0 Å². The molecule has 1 aromatic carbocycles. The zero-order valence-corrected chi connectivity index (χ0v) is 14.4. The topological polar surface area (TPSA) is 51.8 Å². The molecule has 1 heterocycles. The summed E-state index contributed by atoms with van der Waals surface area (Å²) in [6.07, 6.45) is 2.75. The van der Waals surface area contributed by atoms with Gasteiger partial charge in [-0.2, -0.15) is 0 Å². The highest BCUT2D eigenvalue weighted by Gasteiger charge is 2.10. The van der Waals surface area contributed by atoms with E-state index in [0.717, 1.165) is 34.4 Å². The van der Waals surface area contributed by atoms with Gasteiger partial charge in [-0.1, -0.05) is 31.5 Å². The molecule has 0 aliphatic carbocycles. The van der Waals surface area contributed by atoms with E-state index >= 15 is 0 Å². The van der Waals surface area contributed by atoms with E-state index in [9.17, 15) is 0 Å². The maximum atomic E-state index is 6.00. The summed E-state index contributed by atoms with van der Waals surface area (Å²) in [5.41, 5.74) is 10.9. The number of nitrogens with two attached hydrogens (primary N) is 1. The van der Waals surface area contributed by atoms with Crippen molar-refractivity contribution in [2.75, 3.05) is 5.73 Å². The molecular formula is C16H20IN3. The normalized spacial score (nSPS) is 10.8. The lowest BCUT2D eigenvalue weighted by atomic mass is 10.0. The molecule has 0 saturated carbocycles. The van der Waals surface area contributed by atoms with Crippen molar-refractivity contribution in [2.45, 2.75) is 40.0 Å². The van der Waals surface area contributed by atoms with Gasteiger partial charge >= 0.3 is 0 Å². The van der Waals surface area contributed by atoms with Crippen molar-refractivity contribution in [1.82, 2.24) is 9.97 Å². The van der Waals surface area contributed by atoms with Crippen molar-refractivity contribution in [2.24, 2.45) is 0 Å². The molecule has 2 aromatic rings. The number of hydrogen-bond acceptors (Lipinski definition) is 3. The van der Waals surface area contributed by atoms with Crippen LogP contribution in [-0.4, -0.2) is 9.97 Å². The van der Waals surface area contributed by atoms with E-state index in [1.807, 2.05) is 0 Å². The molecule has 0 aliphatic heterocycles. The average Bonchev–Trinajstić information content (AvgIpc) is 2.40. The largest absolute Gasteiger partial charge is 0.383 e. The second-order valence-electron chi connectivity index (χ2n) is 5.13. The standard InChI is InChI=1S/C16H20IN3/c1-4-5-13-15(17)16(18)20-14(19-13)9-12-7-6-10(2)11(3)8-12/h6-8H,4-5,9H2,1-3H3,(H2,18,19,20). The third kappa shape index (κ3) is 3.48. The molecule has 0 saturated heterocycles. The first-order valence-corrected chi connectivity index (χ1v) is 7.96. The minimum atomic E-state index is 0.600. The van der Waals surface area contributed by atoms with Crippen LogP contribution in [0, 0.1) is 17.4 Å². The molecule has 106 valence electrons. The van der Waals surface area contributed by atoms with Crippen LogP contribution in [0.25, 0.3) is 0 Å². The summed E-state index contributed by atoms with van der Waals surface area (Å²) >= 11 is 2.24. The van der Waals surface area contributed by atoms with Gasteiger partial charge in [0.05, 0.1) is 9.26 Å². The SMILES string of the molecule is CCCc1nc(Cc2ccc(C)c(C)c2)nc(N)c1I. The Bertz CT molecular complexity index is 623. The second kappa shape index (κ2) is 6.52. The van der Waals surface area contributed by atoms with Crippen molar-refractivity contribution in [3.05, 3.63) is 50.0 Å². The number of benzene rings is 1. The highest BCUT2D eigenvalue weighted by molar-refractivity contribution is 14.1. The lowest BCUT2D eigenvalue weighted by molar-refractivity contribution is 0.836. The fraction of sp³-hybridized carbons (Fsp3) is 0.375. The lowest BCUT2D eigenvalue weighted by Gasteiger charge is -2.09. The van der Waals surface area contributed by atoms with Crippen molar-refractivity contribution < 1.29 is 0 Å². The maximum absolute atomic E-state index is 6.00. The van der Waals surface area contributed by atoms with Gasteiger partial charge in [-0.05, 0) is 59.5 Å². The fourth-order valence-electron chi connectivity index (χ4n) is 2.14. The molecule has 3 nitrogen and oxygen atoms in total. The minimum absolute atomic E-state index is 0.600. The molecule has 2 N–H and O–H groups in total. The number of nitrogen functional groups attached to an aromatic ring is 1. The second-order valence-corrected chi connectivity index (χ2v) is 6.21. The van der Waals surface area contributed by atoms with Crippen molar-refractivity contribution in [3.8, 4) is 0 Å². The first kappa shape index (κ1) is 15.2. The van der Waals surface area contributed by atoms with Gasteiger partial charge in [-0.3, -0.25) is 0 Å². The zero-order chi connectivity index (χ0) is 14.7. The number of aryl methyl sites for hydroxylation is 3. The van der Waals surface area contributed by atoms with E-state index < -0.39 is 0 Å². The van der Waals surface area contributed by atoms with Gasteiger partial charge in [0, 0.05) is 6.42 Å². The van der Waals surface area contributed by atoms with E-state index in [1.165, 1.54) is 16.7 Å². The summed E-state index contributed by atoms with van der Waals surface area (Å²) in [7, 11) is 0. The van der Waals surface area contributed by atoms with Gasteiger partial charge < -0.3 is 5.73 Å². The van der Waals surface area contributed by atoms with Crippen LogP contribution < -0.4 is 5.73 Å². The number of aromatic nitrogens is 2. The number of anilines is 1. The zero-order valence-electron chi connectivity index (χ0n) is 12.2. The quantitative estimate of drug-likeness (QED) is 0.820. The van der Waals surface area contributed by atoms with E-state index in [0.29, 0.717) is 5.82 Å². The Labute approximate surface area is 134 Å². The molecular weight excluding hydrogens is 361 g/mol. The van der Waals surface area contributed by atoms with Crippen molar-refractivity contribution >= 4 is 28.4 Å². The molecule has 0 unspecified atom stereocenters. The number of rotatable bonds is 4. The van der Waals surface area contributed by atoms with Crippen LogP contribution in [0.15, 0.2) is 18.2 Å². The predicted molar refractivity (Wildman–Crippen MR) is 91.9 cm³/mol. The Kier molecular flexibility index (Phi) is 4.96. The van der Waals surface area contributed by atoms with E-state index in [2.05, 4.69) is 71.5 Å². The Morgan fingerprint density at radius 3 is 2.55 bits per heavy atom. The predicted octanol–water partition coefficient (Wildman–Crippen LogP) is 3.82. The van der Waals surface area contributed by atoms with Gasteiger partial charge in [0.15, 0.2) is 0 Å². The van der Waals surface area contributed by atoms with Crippen LogP contribution >= 0.6 is 22.6 Å². The Hall–Kier alpha value is -1.17. The fourth-order valence-corrected chi connectivity index (χ4v) is 2.65. The summed E-state index contributed by atoms with van der Waals surface area (Å²) in [6, 6.07) is 6.49. The number of hydrogen-bond donors (Lipinski definition) is 1. The first-order chi connectivity index (χ1) is 9.51. The highest BCUT2D eigenvalue weighted by Crippen LogP contribution is 2.19. The van der Waals surface area contributed by atoms with Crippen LogP contribution in [0.1, 0.15) is 41.6 Å². The van der Waals surface area contributed by atoms with Crippen molar-refractivity contribution in [1.29, 1.82) is 0 Å². The van der Waals surface area contributed by atoms with E-state index in [1.54, 1.807) is 0 Å². The minimum Gasteiger partial charge on any atom is -0.383 e. The van der Waals surface area contributed by atoms with Gasteiger partial charge in [-0.15, -0.1) is 0 Å². The average molecular weight is 381 g/mol. The molecule has 0 atom stereocenters. The van der Waals surface area contributed by atoms with E-state index in [-0.39, 0.29) is 0 Å². The van der Waals surface area contributed by atoms with Gasteiger partial charge in [0.25, 0.3) is 0 Å². The molecule has 0 aliphatic rings. The van der Waals surface area contributed by atoms with Crippen molar-refractivity contribution in [3.63, 3.8) is 0 Å². The summed E-state index contributed by atoms with van der Waals surface area (Å²) in [6.45, 7) is 6.40. The van der Waals surface area contributed by atoms with Crippen LogP contribution in [0.5, 0.6) is 0 Å². The summed E-state index contributed by atoms with van der Waals surface area (Å²) in [4.78, 5) is 9.09. The van der Waals surface area contributed by atoms with Crippen LogP contribution in [0.4, 0.5) is 5.82 Å². The Morgan fingerprint density at radius 1 is 1.15 bits per heavy atom. The Morgan fingerprint density at radius 2 is 1.90 bits per heavy atom. The van der Waals surface area contributed by atoms with E-state index in [4.69, 9.17) is 5.73 Å².